The fourth-order valence-corrected chi connectivity index (χ4v) is 1.78. The highest BCUT2D eigenvalue weighted by molar-refractivity contribution is 7.89. The number of ether oxygens (including phenoxy) is 1. The summed E-state index contributed by atoms with van der Waals surface area (Å²) in [5, 5.41) is 5.53. The molecule has 1 rings (SSSR count). The van der Waals surface area contributed by atoms with Crippen LogP contribution in [0.25, 0.3) is 0 Å². The number of primary sulfonamides is 1. The second kappa shape index (κ2) is 6.20. The van der Waals surface area contributed by atoms with Crippen LogP contribution in [-0.2, 0) is 21.4 Å². The minimum absolute atomic E-state index is 0.0480. The Bertz CT molecular complexity index is 416. The number of hydrogen-bond donors (Lipinski definition) is 1. The number of halogens is 1. The molecule has 0 aliphatic carbocycles. The van der Waals surface area contributed by atoms with E-state index in [2.05, 4.69) is 0 Å². The van der Waals surface area contributed by atoms with Crippen molar-refractivity contribution in [3.05, 3.63) is 34.9 Å². The van der Waals surface area contributed by atoms with E-state index in [0.29, 0.717) is 24.7 Å². The SMILES string of the molecule is NS(=O)(=O)CCCOCc1ccc(Cl)cc1. The molecule has 0 fully saturated rings. The molecular formula is C10H14ClNO3S. The van der Waals surface area contributed by atoms with Gasteiger partial charge in [0.15, 0.2) is 0 Å². The average Bonchev–Trinajstić information content (AvgIpc) is 2.19. The molecule has 0 heterocycles. The summed E-state index contributed by atoms with van der Waals surface area (Å²) >= 11 is 5.72. The van der Waals surface area contributed by atoms with Gasteiger partial charge in [-0.3, -0.25) is 0 Å². The third-order valence-electron chi connectivity index (χ3n) is 1.90. The Morgan fingerprint density at radius 2 is 1.88 bits per heavy atom. The highest BCUT2D eigenvalue weighted by Gasteiger charge is 2.01. The van der Waals surface area contributed by atoms with Crippen LogP contribution in [0.3, 0.4) is 0 Å². The fraction of sp³-hybridized carbons (Fsp3) is 0.400. The Balaban J connectivity index is 2.19. The van der Waals surface area contributed by atoms with Gasteiger partial charge in [-0.2, -0.15) is 0 Å². The number of sulfonamides is 1. The Morgan fingerprint density at radius 3 is 2.44 bits per heavy atom. The molecule has 0 aromatic heterocycles. The van der Waals surface area contributed by atoms with Crippen molar-refractivity contribution in [3.63, 3.8) is 0 Å². The maximum Gasteiger partial charge on any atom is 0.209 e. The quantitative estimate of drug-likeness (QED) is 0.792. The zero-order valence-electron chi connectivity index (χ0n) is 8.73. The molecule has 16 heavy (non-hydrogen) atoms. The van der Waals surface area contributed by atoms with Crippen LogP contribution in [0.1, 0.15) is 12.0 Å². The molecule has 2 N–H and O–H groups in total. The summed E-state index contributed by atoms with van der Waals surface area (Å²) in [5.41, 5.74) is 1.00. The van der Waals surface area contributed by atoms with Crippen molar-refractivity contribution in [2.24, 2.45) is 5.14 Å². The summed E-state index contributed by atoms with van der Waals surface area (Å²) in [6.45, 7) is 0.820. The van der Waals surface area contributed by atoms with Crippen molar-refractivity contribution in [2.75, 3.05) is 12.4 Å². The first-order chi connectivity index (χ1) is 7.47. The molecule has 1 aromatic rings. The van der Waals surface area contributed by atoms with Gasteiger partial charge in [-0.15, -0.1) is 0 Å². The lowest BCUT2D eigenvalue weighted by Crippen LogP contribution is -2.17. The van der Waals surface area contributed by atoms with Crippen LogP contribution >= 0.6 is 11.6 Å². The molecule has 0 aliphatic rings. The molecule has 0 amide bonds. The van der Waals surface area contributed by atoms with E-state index in [1.807, 2.05) is 12.1 Å². The second-order valence-electron chi connectivity index (χ2n) is 3.40. The van der Waals surface area contributed by atoms with Crippen LogP contribution in [0.4, 0.5) is 0 Å². The van der Waals surface area contributed by atoms with E-state index in [1.165, 1.54) is 0 Å². The summed E-state index contributed by atoms with van der Waals surface area (Å²) in [4.78, 5) is 0. The third kappa shape index (κ3) is 6.07. The first-order valence-corrected chi connectivity index (χ1v) is 6.89. The summed E-state index contributed by atoms with van der Waals surface area (Å²) in [6.07, 6.45) is 0.409. The van der Waals surface area contributed by atoms with Crippen molar-refractivity contribution in [1.82, 2.24) is 0 Å². The van der Waals surface area contributed by atoms with Gasteiger partial charge >= 0.3 is 0 Å². The number of nitrogens with two attached hydrogens (primary N) is 1. The van der Waals surface area contributed by atoms with E-state index >= 15 is 0 Å². The Labute approximate surface area is 100 Å². The minimum atomic E-state index is -3.37. The van der Waals surface area contributed by atoms with Gasteiger partial charge in [-0.1, -0.05) is 23.7 Å². The van der Waals surface area contributed by atoms with Crippen LogP contribution < -0.4 is 5.14 Å². The Morgan fingerprint density at radius 1 is 1.25 bits per heavy atom. The predicted octanol–water partition coefficient (Wildman–Crippen LogP) is 1.54. The molecule has 0 saturated carbocycles. The monoisotopic (exact) mass is 263 g/mol. The maximum atomic E-state index is 10.6. The highest BCUT2D eigenvalue weighted by Crippen LogP contribution is 2.10. The van der Waals surface area contributed by atoms with E-state index in [4.69, 9.17) is 21.5 Å². The van der Waals surface area contributed by atoms with Gasteiger partial charge in [-0.05, 0) is 24.1 Å². The second-order valence-corrected chi connectivity index (χ2v) is 5.57. The Hall–Kier alpha value is -0.620. The number of hydrogen-bond acceptors (Lipinski definition) is 3. The summed E-state index contributed by atoms with van der Waals surface area (Å²) in [7, 11) is -3.37. The van der Waals surface area contributed by atoms with Crippen LogP contribution in [-0.4, -0.2) is 20.8 Å². The van der Waals surface area contributed by atoms with E-state index in [9.17, 15) is 8.42 Å². The summed E-state index contributed by atoms with van der Waals surface area (Å²) in [5.74, 6) is -0.0480. The van der Waals surface area contributed by atoms with Gasteiger partial charge in [0, 0.05) is 11.6 Å². The normalized spacial score (nSPS) is 11.6. The van der Waals surface area contributed by atoms with E-state index in [-0.39, 0.29) is 5.75 Å². The van der Waals surface area contributed by atoms with Crippen LogP contribution in [0.15, 0.2) is 24.3 Å². The molecule has 6 heteroatoms. The zero-order chi connectivity index (χ0) is 12.0. The largest absolute Gasteiger partial charge is 0.377 e. The molecule has 1 aromatic carbocycles. The lowest BCUT2D eigenvalue weighted by molar-refractivity contribution is 0.122. The molecule has 0 atom stereocenters. The van der Waals surface area contributed by atoms with Crippen molar-refractivity contribution >= 4 is 21.6 Å². The fourth-order valence-electron chi connectivity index (χ4n) is 1.13. The predicted molar refractivity (Wildman–Crippen MR) is 63.7 cm³/mol. The van der Waals surface area contributed by atoms with Gasteiger partial charge in [-0.25, -0.2) is 13.6 Å². The van der Waals surface area contributed by atoms with Gasteiger partial charge in [0.1, 0.15) is 0 Å². The first kappa shape index (κ1) is 13.4. The lowest BCUT2D eigenvalue weighted by atomic mass is 10.2. The molecular weight excluding hydrogens is 250 g/mol. The van der Waals surface area contributed by atoms with Crippen LogP contribution in [0, 0.1) is 0 Å². The molecule has 0 spiro atoms. The molecule has 90 valence electrons. The maximum absolute atomic E-state index is 10.6. The summed E-state index contributed by atoms with van der Waals surface area (Å²) < 4.78 is 26.5. The minimum Gasteiger partial charge on any atom is -0.377 e. The topological polar surface area (TPSA) is 69.4 Å². The van der Waals surface area contributed by atoms with Gasteiger partial charge < -0.3 is 4.74 Å². The van der Waals surface area contributed by atoms with E-state index < -0.39 is 10.0 Å². The number of benzene rings is 1. The zero-order valence-corrected chi connectivity index (χ0v) is 10.3. The van der Waals surface area contributed by atoms with Crippen molar-refractivity contribution in [2.45, 2.75) is 13.0 Å². The molecule has 0 radical (unpaired) electrons. The van der Waals surface area contributed by atoms with E-state index in [1.54, 1.807) is 12.1 Å². The summed E-state index contributed by atoms with van der Waals surface area (Å²) in [6, 6.07) is 7.29. The first-order valence-electron chi connectivity index (χ1n) is 4.80. The lowest BCUT2D eigenvalue weighted by Gasteiger charge is -2.03. The highest BCUT2D eigenvalue weighted by atomic mass is 35.5. The number of rotatable bonds is 6. The van der Waals surface area contributed by atoms with Crippen molar-refractivity contribution in [3.8, 4) is 0 Å². The van der Waals surface area contributed by atoms with Crippen molar-refractivity contribution in [1.29, 1.82) is 0 Å². The van der Waals surface area contributed by atoms with Gasteiger partial charge in [0.25, 0.3) is 0 Å². The van der Waals surface area contributed by atoms with Gasteiger partial charge in [0.2, 0.25) is 10.0 Å². The van der Waals surface area contributed by atoms with Crippen LogP contribution in [0.5, 0.6) is 0 Å². The van der Waals surface area contributed by atoms with Gasteiger partial charge in [0.05, 0.1) is 12.4 Å². The standard InChI is InChI=1S/C10H14ClNO3S/c11-10-4-2-9(3-5-10)8-15-6-1-7-16(12,13)14/h2-5H,1,6-8H2,(H2,12,13,14). The molecule has 0 unspecified atom stereocenters. The van der Waals surface area contributed by atoms with Crippen molar-refractivity contribution < 1.29 is 13.2 Å². The Kier molecular flexibility index (Phi) is 5.21. The van der Waals surface area contributed by atoms with E-state index in [0.717, 1.165) is 5.56 Å². The third-order valence-corrected chi connectivity index (χ3v) is 3.01. The smallest absolute Gasteiger partial charge is 0.209 e. The molecule has 4 nitrogen and oxygen atoms in total. The molecule has 0 saturated heterocycles. The molecule has 0 aliphatic heterocycles. The average molecular weight is 264 g/mol. The molecule has 0 bridgehead atoms. The van der Waals surface area contributed by atoms with Crippen LogP contribution in [0.2, 0.25) is 5.02 Å².